The standard InChI is InChI=1S/C30H30F2N4O3S/c1-2-27-20-35(14-12-21-17-24(31)19-25(32)18-21)15-16-36(27)30(37)23-8-10-26(11-9-23)34-40(38,39)28-7-3-5-22-6-4-13-33-29(22)28/h3-11,13,17-19,27,34H,2,12,14-16,20H2,1H3/t27-/m0/s1. The third-order valence-corrected chi connectivity index (χ3v) is 8.62. The van der Waals surface area contributed by atoms with E-state index >= 15 is 0 Å². The van der Waals surface area contributed by atoms with E-state index in [2.05, 4.69) is 14.6 Å². The highest BCUT2D eigenvalue weighted by Crippen LogP contribution is 2.24. The summed E-state index contributed by atoms with van der Waals surface area (Å²) in [5.74, 6) is -1.28. The van der Waals surface area contributed by atoms with Crippen LogP contribution in [-0.4, -0.2) is 61.3 Å². The fourth-order valence-corrected chi connectivity index (χ4v) is 6.37. The van der Waals surface area contributed by atoms with E-state index in [1.165, 1.54) is 18.2 Å². The van der Waals surface area contributed by atoms with Crippen molar-refractivity contribution in [1.29, 1.82) is 0 Å². The quantitative estimate of drug-likeness (QED) is 0.322. The van der Waals surface area contributed by atoms with E-state index in [1.807, 2.05) is 11.8 Å². The molecule has 1 fully saturated rings. The van der Waals surface area contributed by atoms with Crippen molar-refractivity contribution in [2.75, 3.05) is 30.9 Å². The van der Waals surface area contributed by atoms with Crippen molar-refractivity contribution in [2.24, 2.45) is 0 Å². The number of hydrogen-bond acceptors (Lipinski definition) is 5. The van der Waals surface area contributed by atoms with Crippen LogP contribution in [0.2, 0.25) is 0 Å². The van der Waals surface area contributed by atoms with Gasteiger partial charge in [-0.2, -0.15) is 0 Å². The lowest BCUT2D eigenvalue weighted by Gasteiger charge is -2.41. The number of benzene rings is 3. The Labute approximate surface area is 232 Å². The minimum atomic E-state index is -3.90. The van der Waals surface area contributed by atoms with Gasteiger partial charge in [-0.3, -0.25) is 19.4 Å². The fourth-order valence-electron chi connectivity index (χ4n) is 5.13. The first kappa shape index (κ1) is 27.7. The van der Waals surface area contributed by atoms with E-state index in [0.717, 1.165) is 17.9 Å². The summed E-state index contributed by atoms with van der Waals surface area (Å²) in [6.45, 7) is 4.50. The highest BCUT2D eigenvalue weighted by atomic mass is 32.2. The number of sulfonamides is 1. The van der Waals surface area contributed by atoms with Crippen LogP contribution in [-0.2, 0) is 16.4 Å². The fraction of sp³-hybridized carbons (Fsp3) is 0.267. The lowest BCUT2D eigenvalue weighted by atomic mass is 10.1. The second kappa shape index (κ2) is 11.7. The Morgan fingerprint density at radius 3 is 2.45 bits per heavy atom. The number of amides is 1. The van der Waals surface area contributed by atoms with Gasteiger partial charge in [0.25, 0.3) is 15.9 Å². The molecule has 208 valence electrons. The van der Waals surface area contributed by atoms with Crippen LogP contribution >= 0.6 is 0 Å². The van der Waals surface area contributed by atoms with E-state index in [-0.39, 0.29) is 16.8 Å². The number of anilines is 1. The molecule has 1 aliphatic rings. The molecule has 0 spiro atoms. The van der Waals surface area contributed by atoms with Crippen molar-refractivity contribution in [2.45, 2.75) is 30.7 Å². The zero-order valence-corrected chi connectivity index (χ0v) is 22.9. The van der Waals surface area contributed by atoms with E-state index in [4.69, 9.17) is 0 Å². The predicted octanol–water partition coefficient (Wildman–Crippen LogP) is 5.09. The average Bonchev–Trinajstić information content (AvgIpc) is 2.95. The number of fused-ring (bicyclic) bond motifs is 1. The minimum absolute atomic E-state index is 0.0115. The number of piperazine rings is 1. The number of pyridine rings is 1. The lowest BCUT2D eigenvalue weighted by Crippen LogP contribution is -2.55. The molecule has 1 saturated heterocycles. The van der Waals surface area contributed by atoms with Crippen molar-refractivity contribution >= 4 is 32.5 Å². The smallest absolute Gasteiger partial charge is 0.264 e. The molecular weight excluding hydrogens is 534 g/mol. The molecule has 0 bridgehead atoms. The first-order chi connectivity index (χ1) is 19.2. The van der Waals surface area contributed by atoms with Gasteiger partial charge in [-0.25, -0.2) is 17.2 Å². The van der Waals surface area contributed by atoms with Gasteiger partial charge >= 0.3 is 0 Å². The van der Waals surface area contributed by atoms with Gasteiger partial charge in [-0.05, 0) is 66.9 Å². The summed E-state index contributed by atoms with van der Waals surface area (Å²) in [5.41, 5.74) is 1.81. The summed E-state index contributed by atoms with van der Waals surface area (Å²) in [5, 5.41) is 0.722. The van der Waals surface area contributed by atoms with Crippen LogP contribution in [0.5, 0.6) is 0 Å². The number of carbonyl (C=O) groups excluding carboxylic acids is 1. The van der Waals surface area contributed by atoms with Crippen LogP contribution in [0, 0.1) is 11.6 Å². The van der Waals surface area contributed by atoms with Gasteiger partial charge < -0.3 is 4.90 Å². The molecule has 0 unspecified atom stereocenters. The second-order valence-electron chi connectivity index (χ2n) is 9.90. The van der Waals surface area contributed by atoms with Gasteiger partial charge in [0.15, 0.2) is 0 Å². The van der Waals surface area contributed by atoms with E-state index in [1.54, 1.807) is 54.7 Å². The van der Waals surface area contributed by atoms with E-state index in [0.29, 0.717) is 54.9 Å². The largest absolute Gasteiger partial charge is 0.333 e. The highest BCUT2D eigenvalue weighted by Gasteiger charge is 2.30. The molecule has 0 saturated carbocycles. The Balaban J connectivity index is 1.22. The molecule has 40 heavy (non-hydrogen) atoms. The highest BCUT2D eigenvalue weighted by molar-refractivity contribution is 7.93. The normalized spacial score (nSPS) is 16.3. The lowest BCUT2D eigenvalue weighted by molar-refractivity contribution is 0.0448. The Morgan fingerprint density at radius 2 is 1.73 bits per heavy atom. The van der Waals surface area contributed by atoms with E-state index < -0.39 is 21.7 Å². The zero-order chi connectivity index (χ0) is 28.3. The molecule has 1 amide bonds. The molecule has 0 aliphatic carbocycles. The topological polar surface area (TPSA) is 82.6 Å². The first-order valence-electron chi connectivity index (χ1n) is 13.2. The SMILES string of the molecule is CC[C@H]1CN(CCc2cc(F)cc(F)c2)CCN1C(=O)c1ccc(NS(=O)(=O)c2cccc3cccnc23)cc1. The van der Waals surface area contributed by atoms with Crippen LogP contribution in [0.25, 0.3) is 10.9 Å². The number of hydrogen-bond donors (Lipinski definition) is 1. The third kappa shape index (κ3) is 6.13. The maximum absolute atomic E-state index is 13.5. The number of rotatable bonds is 8. The zero-order valence-electron chi connectivity index (χ0n) is 22.1. The molecule has 7 nitrogen and oxygen atoms in total. The molecule has 3 aromatic carbocycles. The van der Waals surface area contributed by atoms with Crippen molar-refractivity contribution in [3.63, 3.8) is 0 Å². The van der Waals surface area contributed by atoms with Gasteiger partial charge in [0.2, 0.25) is 0 Å². The molecule has 1 atom stereocenters. The second-order valence-corrected chi connectivity index (χ2v) is 11.6. The molecule has 2 heterocycles. The summed E-state index contributed by atoms with van der Waals surface area (Å²) >= 11 is 0. The number of para-hydroxylation sites is 1. The van der Waals surface area contributed by atoms with Crippen LogP contribution in [0.3, 0.4) is 0 Å². The minimum Gasteiger partial charge on any atom is -0.333 e. The van der Waals surface area contributed by atoms with Gasteiger partial charge in [0, 0.05) is 61.1 Å². The predicted molar refractivity (Wildman–Crippen MR) is 151 cm³/mol. The van der Waals surface area contributed by atoms with Gasteiger partial charge in [0.05, 0.1) is 5.52 Å². The number of aromatic nitrogens is 1. The van der Waals surface area contributed by atoms with Crippen molar-refractivity contribution in [1.82, 2.24) is 14.8 Å². The van der Waals surface area contributed by atoms with Gasteiger partial charge in [-0.1, -0.05) is 25.1 Å². The molecule has 5 rings (SSSR count). The Morgan fingerprint density at radius 1 is 1.00 bits per heavy atom. The summed E-state index contributed by atoms with van der Waals surface area (Å²) in [6, 6.07) is 18.5. The summed E-state index contributed by atoms with van der Waals surface area (Å²) < 4.78 is 55.8. The van der Waals surface area contributed by atoms with Crippen LogP contribution in [0.4, 0.5) is 14.5 Å². The molecule has 1 aliphatic heterocycles. The van der Waals surface area contributed by atoms with Crippen LogP contribution < -0.4 is 4.72 Å². The average molecular weight is 565 g/mol. The maximum atomic E-state index is 13.5. The maximum Gasteiger partial charge on any atom is 0.264 e. The van der Waals surface area contributed by atoms with Gasteiger partial charge in [0.1, 0.15) is 16.5 Å². The summed E-state index contributed by atoms with van der Waals surface area (Å²) in [4.78, 5) is 21.7. The molecule has 4 aromatic rings. The number of nitrogens with one attached hydrogen (secondary N) is 1. The third-order valence-electron chi connectivity index (χ3n) is 7.21. The van der Waals surface area contributed by atoms with Crippen molar-refractivity contribution in [3.05, 3.63) is 102 Å². The molecule has 1 aromatic heterocycles. The van der Waals surface area contributed by atoms with Crippen LogP contribution in [0.1, 0.15) is 29.3 Å². The van der Waals surface area contributed by atoms with Gasteiger partial charge in [-0.15, -0.1) is 0 Å². The monoisotopic (exact) mass is 564 g/mol. The Kier molecular flexibility index (Phi) is 8.09. The van der Waals surface area contributed by atoms with Crippen LogP contribution in [0.15, 0.2) is 83.9 Å². The van der Waals surface area contributed by atoms with E-state index in [9.17, 15) is 22.0 Å². The molecular formula is C30H30F2N4O3S. The van der Waals surface area contributed by atoms with Crippen molar-refractivity contribution < 1.29 is 22.0 Å². The molecule has 0 radical (unpaired) electrons. The number of halogens is 2. The number of nitrogens with zero attached hydrogens (tertiary/aromatic N) is 3. The number of carbonyl (C=O) groups is 1. The van der Waals surface area contributed by atoms with Crippen molar-refractivity contribution in [3.8, 4) is 0 Å². The first-order valence-corrected chi connectivity index (χ1v) is 14.7. The molecule has 1 N–H and O–H groups in total. The summed E-state index contributed by atoms with van der Waals surface area (Å²) in [6.07, 6.45) is 2.83. The molecule has 10 heteroatoms. The summed E-state index contributed by atoms with van der Waals surface area (Å²) in [7, 11) is -3.90. The Hall–Kier alpha value is -3.89. The Bertz CT molecular complexity index is 1600.